The number of amides is 2. The molecule has 3 atom stereocenters. The predicted octanol–water partition coefficient (Wildman–Crippen LogP) is 4.58. The minimum absolute atomic E-state index is 0.171. The second kappa shape index (κ2) is 12.2. The number of nitrogens with one attached hydrogen (secondary N) is 1. The van der Waals surface area contributed by atoms with Gasteiger partial charge < -0.3 is 24.4 Å². The molecule has 39 heavy (non-hydrogen) atoms. The van der Waals surface area contributed by atoms with Crippen molar-refractivity contribution in [2.75, 3.05) is 19.8 Å². The van der Waals surface area contributed by atoms with Gasteiger partial charge in [0.2, 0.25) is 11.8 Å². The quantitative estimate of drug-likeness (QED) is 0.569. The molecule has 0 spiro atoms. The third-order valence-electron chi connectivity index (χ3n) is 7.47. The number of alkyl carbamates (subject to hydrolysis) is 1. The Bertz CT molecular complexity index is 1210. The fourth-order valence-electron chi connectivity index (χ4n) is 5.43. The lowest BCUT2D eigenvalue weighted by Gasteiger charge is -2.34. The topological polar surface area (TPSA) is 107 Å². The van der Waals surface area contributed by atoms with Crippen molar-refractivity contribution in [3.8, 4) is 5.88 Å². The van der Waals surface area contributed by atoms with Crippen LogP contribution in [0.4, 0.5) is 4.79 Å². The zero-order chi connectivity index (χ0) is 28.2. The molecule has 3 heterocycles. The van der Waals surface area contributed by atoms with Crippen molar-refractivity contribution in [3.63, 3.8) is 0 Å². The standard InChI is InChI=1S/C30H41N3O6/c1-6-20-15-19-11-9-8-10-14-38-29(36)32-25(30(3,4)5)27(34)33-18-21(17-24(33)28(35)37-7-2)39-26-23(16-19)22(20)12-13-31-26/h12-13,15-16,21,24-25H,6-11,14,17-18H2,1-5H3,(H,32,36)/t21-,24+,25-/m1/s1. The van der Waals surface area contributed by atoms with Gasteiger partial charge in [0.05, 0.1) is 19.8 Å². The van der Waals surface area contributed by atoms with E-state index in [0.717, 1.165) is 42.9 Å². The number of carbonyl (C=O) groups excluding carboxylic acids is 3. The summed E-state index contributed by atoms with van der Waals surface area (Å²) in [5, 5.41) is 4.79. The first-order chi connectivity index (χ1) is 18.6. The van der Waals surface area contributed by atoms with Crippen molar-refractivity contribution >= 4 is 28.7 Å². The van der Waals surface area contributed by atoms with Gasteiger partial charge in [-0.2, -0.15) is 0 Å². The molecule has 9 nitrogen and oxygen atoms in total. The maximum Gasteiger partial charge on any atom is 0.407 e. The fraction of sp³-hybridized carbons (Fsp3) is 0.600. The van der Waals surface area contributed by atoms with E-state index in [1.54, 1.807) is 13.1 Å². The summed E-state index contributed by atoms with van der Waals surface area (Å²) in [5.74, 6) is -0.355. The summed E-state index contributed by atoms with van der Waals surface area (Å²) in [6.45, 7) is 10.1. The number of pyridine rings is 1. The molecule has 1 saturated heterocycles. The summed E-state index contributed by atoms with van der Waals surface area (Å²) in [4.78, 5) is 45.6. The molecule has 2 amide bonds. The number of benzene rings is 1. The molecule has 0 aliphatic carbocycles. The van der Waals surface area contributed by atoms with Crippen LogP contribution in [0.2, 0.25) is 0 Å². The average Bonchev–Trinajstić information content (AvgIpc) is 3.31. The number of rotatable bonds is 3. The Morgan fingerprint density at radius 3 is 2.67 bits per heavy atom. The van der Waals surface area contributed by atoms with E-state index in [0.29, 0.717) is 5.88 Å². The summed E-state index contributed by atoms with van der Waals surface area (Å²) >= 11 is 0. The van der Waals surface area contributed by atoms with Gasteiger partial charge in [0, 0.05) is 18.0 Å². The second-order valence-electron chi connectivity index (χ2n) is 11.4. The van der Waals surface area contributed by atoms with Crippen molar-refractivity contribution in [1.82, 2.24) is 15.2 Å². The number of cyclic esters (lactones) is 1. The number of nitrogens with zero attached hydrogens (tertiary/aromatic N) is 2. The molecule has 0 unspecified atom stereocenters. The van der Waals surface area contributed by atoms with Crippen LogP contribution in [0, 0.1) is 5.41 Å². The van der Waals surface area contributed by atoms with Crippen molar-refractivity contribution in [2.45, 2.75) is 91.3 Å². The molecule has 4 bridgehead atoms. The van der Waals surface area contributed by atoms with Crippen molar-refractivity contribution < 1.29 is 28.6 Å². The highest BCUT2D eigenvalue weighted by molar-refractivity contribution is 5.92. The zero-order valence-corrected chi connectivity index (χ0v) is 23.7. The summed E-state index contributed by atoms with van der Waals surface area (Å²) in [7, 11) is 0. The van der Waals surface area contributed by atoms with Crippen molar-refractivity contribution in [1.29, 1.82) is 0 Å². The minimum Gasteiger partial charge on any atom is -0.472 e. The third-order valence-corrected chi connectivity index (χ3v) is 7.47. The van der Waals surface area contributed by atoms with Crippen LogP contribution in [0.1, 0.15) is 71.4 Å². The fourth-order valence-corrected chi connectivity index (χ4v) is 5.43. The second-order valence-corrected chi connectivity index (χ2v) is 11.4. The number of hydrogen-bond donors (Lipinski definition) is 1. The van der Waals surface area contributed by atoms with Gasteiger partial charge in [-0.15, -0.1) is 0 Å². The lowest BCUT2D eigenvalue weighted by atomic mass is 9.85. The van der Waals surface area contributed by atoms with Gasteiger partial charge >= 0.3 is 12.1 Å². The lowest BCUT2D eigenvalue weighted by molar-refractivity contribution is -0.154. The normalized spacial score (nSPS) is 23.0. The van der Waals surface area contributed by atoms with Gasteiger partial charge in [-0.05, 0) is 73.1 Å². The molecular weight excluding hydrogens is 498 g/mol. The highest BCUT2D eigenvalue weighted by Crippen LogP contribution is 2.33. The van der Waals surface area contributed by atoms with E-state index < -0.39 is 35.7 Å². The smallest absolute Gasteiger partial charge is 0.407 e. The van der Waals surface area contributed by atoms with E-state index in [4.69, 9.17) is 14.2 Å². The molecule has 2 aliphatic rings. The number of aromatic nitrogens is 1. The Hall–Kier alpha value is -3.36. The van der Waals surface area contributed by atoms with Crippen LogP contribution in [0.25, 0.3) is 10.8 Å². The first-order valence-electron chi connectivity index (χ1n) is 14.1. The SMILES string of the molecule is CCOC(=O)[C@@H]1C[C@@H]2CN1C(=O)[C@H](C(C)(C)C)NC(=O)OCCCCCc1cc(CC)c3ccnc(c3c1)O2. The summed E-state index contributed by atoms with van der Waals surface area (Å²) in [6.07, 6.45) is 5.26. The number of hydrogen-bond acceptors (Lipinski definition) is 7. The van der Waals surface area contributed by atoms with Crippen molar-refractivity contribution in [3.05, 3.63) is 35.5 Å². The largest absolute Gasteiger partial charge is 0.472 e. The van der Waals surface area contributed by atoms with Crippen LogP contribution in [0.3, 0.4) is 0 Å². The third kappa shape index (κ3) is 6.62. The molecule has 4 rings (SSSR count). The molecule has 1 N–H and O–H groups in total. The Morgan fingerprint density at radius 2 is 1.95 bits per heavy atom. The monoisotopic (exact) mass is 539 g/mol. The average molecular weight is 540 g/mol. The summed E-state index contributed by atoms with van der Waals surface area (Å²) in [6, 6.07) is 4.67. The van der Waals surface area contributed by atoms with E-state index in [9.17, 15) is 14.4 Å². The number of carbonyl (C=O) groups is 3. The molecule has 212 valence electrons. The summed E-state index contributed by atoms with van der Waals surface area (Å²) < 4.78 is 17.2. The van der Waals surface area contributed by atoms with Crippen LogP contribution in [-0.2, 0) is 31.9 Å². The zero-order valence-electron chi connectivity index (χ0n) is 23.7. The Kier molecular flexibility index (Phi) is 8.97. The maximum atomic E-state index is 13.9. The molecule has 9 heteroatoms. The van der Waals surface area contributed by atoms with Crippen LogP contribution >= 0.6 is 0 Å². The Morgan fingerprint density at radius 1 is 1.15 bits per heavy atom. The molecular formula is C30H41N3O6. The van der Waals surface area contributed by atoms with Gasteiger partial charge in [0.25, 0.3) is 0 Å². The molecule has 2 aromatic rings. The summed E-state index contributed by atoms with van der Waals surface area (Å²) in [5.41, 5.74) is 1.81. The molecule has 0 radical (unpaired) electrons. The number of fused-ring (bicyclic) bond motifs is 3. The van der Waals surface area contributed by atoms with E-state index >= 15 is 0 Å². The van der Waals surface area contributed by atoms with Crippen molar-refractivity contribution in [2.24, 2.45) is 5.41 Å². The van der Waals surface area contributed by atoms with E-state index in [2.05, 4.69) is 29.4 Å². The first-order valence-corrected chi connectivity index (χ1v) is 14.1. The molecule has 1 fully saturated rings. The van der Waals surface area contributed by atoms with E-state index in [1.165, 1.54) is 16.0 Å². The minimum atomic E-state index is -0.898. The number of ether oxygens (including phenoxy) is 3. The molecule has 1 aromatic carbocycles. The molecule has 1 aromatic heterocycles. The number of esters is 1. The van der Waals surface area contributed by atoms with E-state index in [1.807, 2.05) is 26.8 Å². The Balaban J connectivity index is 1.74. The maximum absolute atomic E-state index is 13.9. The lowest BCUT2D eigenvalue weighted by Crippen LogP contribution is -2.57. The number of aryl methyl sites for hydroxylation is 2. The van der Waals surface area contributed by atoms with Gasteiger partial charge in [-0.1, -0.05) is 33.8 Å². The van der Waals surface area contributed by atoms with Crippen LogP contribution in [0.5, 0.6) is 5.88 Å². The van der Waals surface area contributed by atoms with Gasteiger partial charge in [-0.3, -0.25) is 4.79 Å². The molecule has 0 saturated carbocycles. The Labute approximate surface area is 230 Å². The van der Waals surface area contributed by atoms with Gasteiger partial charge in [0.15, 0.2) is 0 Å². The highest BCUT2D eigenvalue weighted by atomic mass is 16.5. The van der Waals surface area contributed by atoms with Crippen LogP contribution < -0.4 is 10.1 Å². The van der Waals surface area contributed by atoms with Crippen LogP contribution in [-0.4, -0.2) is 65.8 Å². The predicted molar refractivity (Wildman–Crippen MR) is 148 cm³/mol. The highest BCUT2D eigenvalue weighted by Gasteiger charge is 2.46. The first kappa shape index (κ1) is 28.6. The van der Waals surface area contributed by atoms with Crippen LogP contribution in [0.15, 0.2) is 24.4 Å². The van der Waals surface area contributed by atoms with Gasteiger partial charge in [0.1, 0.15) is 18.2 Å². The van der Waals surface area contributed by atoms with Gasteiger partial charge in [-0.25, -0.2) is 14.6 Å². The molecule has 2 aliphatic heterocycles. The van der Waals surface area contributed by atoms with E-state index in [-0.39, 0.29) is 32.1 Å².